The largest absolute Gasteiger partial charge is 0.489 e. The average molecular weight is 485 g/mol. The third-order valence-corrected chi connectivity index (χ3v) is 10.8. The van der Waals surface area contributed by atoms with Crippen molar-refractivity contribution in [1.29, 1.82) is 0 Å². The van der Waals surface area contributed by atoms with Crippen LogP contribution in [0.3, 0.4) is 0 Å². The minimum absolute atomic E-state index is 0.0198. The van der Waals surface area contributed by atoms with E-state index in [0.717, 1.165) is 16.6 Å². The van der Waals surface area contributed by atoms with Crippen LogP contribution in [0.25, 0.3) is 0 Å². The molecular weight excluding hydrogens is 454 g/mol. The zero-order valence-electron chi connectivity index (χ0n) is 18.1. The number of pyridine rings is 1. The van der Waals surface area contributed by atoms with Gasteiger partial charge in [-0.1, -0.05) is 81.4 Å². The third-order valence-electron chi connectivity index (χ3n) is 5.28. The van der Waals surface area contributed by atoms with Gasteiger partial charge in [0.05, 0.1) is 12.3 Å². The molecule has 0 fully saturated rings. The number of hydrogen-bond acceptors (Lipinski definition) is 3. The fourth-order valence-corrected chi connectivity index (χ4v) is 8.81. The number of benzene rings is 2. The Morgan fingerprint density at radius 3 is 2.00 bits per heavy atom. The maximum Gasteiger partial charge on any atom is 0.261 e. The van der Waals surface area contributed by atoms with Crippen molar-refractivity contribution in [1.82, 2.24) is 4.98 Å². The summed E-state index contributed by atoms with van der Waals surface area (Å²) in [5.74, 6) is 0.766. The van der Waals surface area contributed by atoms with E-state index < -0.39 is 8.32 Å². The molecule has 0 N–H and O–H groups in total. The van der Waals surface area contributed by atoms with E-state index in [0.29, 0.717) is 6.61 Å². The van der Waals surface area contributed by atoms with Gasteiger partial charge in [-0.15, -0.1) is 0 Å². The summed E-state index contributed by atoms with van der Waals surface area (Å²) in [6, 6.07) is 23.4. The highest BCUT2D eigenvalue weighted by Gasteiger charge is 2.50. The summed E-state index contributed by atoms with van der Waals surface area (Å²) in [5.41, 5.74) is 0. The Morgan fingerprint density at radius 2 is 1.50 bits per heavy atom. The molecule has 3 aromatic rings. The zero-order chi connectivity index (χ0) is 21.6. The van der Waals surface area contributed by atoms with Gasteiger partial charge in [-0.25, -0.2) is 0 Å². The summed E-state index contributed by atoms with van der Waals surface area (Å²) < 4.78 is 13.9. The highest BCUT2D eigenvalue weighted by molar-refractivity contribution is 9.10. The third kappa shape index (κ3) is 5.20. The molecule has 1 atom stereocenters. The van der Waals surface area contributed by atoms with Gasteiger partial charge in [-0.2, -0.15) is 0 Å². The van der Waals surface area contributed by atoms with E-state index in [4.69, 9.17) is 9.16 Å². The van der Waals surface area contributed by atoms with E-state index >= 15 is 0 Å². The average Bonchev–Trinajstić information content (AvgIpc) is 2.71. The van der Waals surface area contributed by atoms with Crippen molar-refractivity contribution in [3.05, 3.63) is 83.6 Å². The van der Waals surface area contributed by atoms with E-state index in [1.165, 1.54) is 10.4 Å². The Kier molecular flexibility index (Phi) is 7.50. The highest BCUT2D eigenvalue weighted by Crippen LogP contribution is 2.36. The maximum absolute atomic E-state index is 6.93. The topological polar surface area (TPSA) is 31.4 Å². The van der Waals surface area contributed by atoms with Gasteiger partial charge in [-0.05, 0) is 44.3 Å². The van der Waals surface area contributed by atoms with Gasteiger partial charge in [0, 0.05) is 23.7 Å². The second-order valence-electron chi connectivity index (χ2n) is 8.57. The lowest BCUT2D eigenvalue weighted by molar-refractivity contribution is 0.172. The van der Waals surface area contributed by atoms with E-state index in [9.17, 15) is 0 Å². The van der Waals surface area contributed by atoms with Gasteiger partial charge in [-0.3, -0.25) is 4.98 Å². The summed E-state index contributed by atoms with van der Waals surface area (Å²) >= 11 is 3.44. The molecule has 1 aromatic heterocycles. The predicted octanol–water partition coefficient (Wildman–Crippen LogP) is 5.58. The molecule has 2 aromatic carbocycles. The first-order valence-corrected chi connectivity index (χ1v) is 13.1. The molecule has 5 heteroatoms. The molecule has 0 aliphatic rings. The summed E-state index contributed by atoms with van der Waals surface area (Å²) in [6.45, 7) is 9.61. The standard InChI is InChI=1S/C25H30BrNO2Si/c1-20(29-22-17-21(26)18-27-19-22)15-16-28-30(25(2,3)4,23-11-7-5-8-12-23)24-13-9-6-10-14-24/h5-14,17-20H,15-16H2,1-4H3. The number of halogens is 1. The van der Waals surface area contributed by atoms with Gasteiger partial charge < -0.3 is 9.16 Å². The lowest BCUT2D eigenvalue weighted by Gasteiger charge is -2.43. The number of hydrogen-bond donors (Lipinski definition) is 0. The Bertz CT molecular complexity index is 889. The van der Waals surface area contributed by atoms with E-state index in [-0.39, 0.29) is 11.1 Å². The van der Waals surface area contributed by atoms with Gasteiger partial charge in [0.2, 0.25) is 0 Å². The van der Waals surface area contributed by atoms with Crippen molar-refractivity contribution in [2.45, 2.75) is 45.3 Å². The predicted molar refractivity (Wildman–Crippen MR) is 130 cm³/mol. The molecule has 0 aliphatic carbocycles. The molecule has 0 aliphatic heterocycles. The van der Waals surface area contributed by atoms with E-state index in [1.54, 1.807) is 12.4 Å². The molecule has 1 unspecified atom stereocenters. The molecule has 158 valence electrons. The first-order valence-electron chi connectivity index (χ1n) is 10.3. The summed E-state index contributed by atoms with van der Waals surface area (Å²) in [4.78, 5) is 4.17. The number of rotatable bonds is 8. The van der Waals surface area contributed by atoms with Crippen molar-refractivity contribution < 1.29 is 9.16 Å². The van der Waals surface area contributed by atoms with Crippen molar-refractivity contribution >= 4 is 34.6 Å². The van der Waals surface area contributed by atoms with E-state index in [2.05, 4.69) is 109 Å². The molecule has 0 bridgehead atoms. The molecule has 0 saturated carbocycles. The van der Waals surface area contributed by atoms with E-state index in [1.807, 2.05) is 6.07 Å². The van der Waals surface area contributed by atoms with Crippen LogP contribution in [0.4, 0.5) is 0 Å². The molecule has 0 saturated heterocycles. The Morgan fingerprint density at radius 1 is 0.933 bits per heavy atom. The van der Waals surface area contributed by atoms with Crippen LogP contribution in [0, 0.1) is 0 Å². The zero-order valence-corrected chi connectivity index (χ0v) is 20.7. The van der Waals surface area contributed by atoms with Crippen molar-refractivity contribution in [2.75, 3.05) is 6.61 Å². The summed E-state index contributed by atoms with van der Waals surface area (Å²) in [7, 11) is -2.49. The van der Waals surface area contributed by atoms with Crippen molar-refractivity contribution in [2.24, 2.45) is 0 Å². The van der Waals surface area contributed by atoms with Crippen LogP contribution in [-0.2, 0) is 4.43 Å². The fraction of sp³-hybridized carbons (Fsp3) is 0.320. The Hall–Kier alpha value is -1.95. The van der Waals surface area contributed by atoms with Crippen LogP contribution in [0.1, 0.15) is 34.1 Å². The van der Waals surface area contributed by atoms with Crippen LogP contribution in [0.15, 0.2) is 83.6 Å². The quantitative estimate of drug-likeness (QED) is 0.392. The minimum Gasteiger partial charge on any atom is -0.489 e. The SMILES string of the molecule is CC(CCO[Si](c1ccccc1)(c1ccccc1)C(C)(C)C)Oc1cncc(Br)c1. The molecule has 3 rings (SSSR count). The van der Waals surface area contributed by atoms with Crippen LogP contribution in [0.2, 0.25) is 5.04 Å². The second-order valence-corrected chi connectivity index (χ2v) is 13.8. The molecule has 0 amide bonds. The normalized spacial score (nSPS) is 13.1. The van der Waals surface area contributed by atoms with Gasteiger partial charge in [0.25, 0.3) is 8.32 Å². The minimum atomic E-state index is -2.49. The maximum atomic E-state index is 6.93. The monoisotopic (exact) mass is 483 g/mol. The molecule has 3 nitrogen and oxygen atoms in total. The Labute approximate surface area is 189 Å². The van der Waals surface area contributed by atoms with Gasteiger partial charge in [0.1, 0.15) is 5.75 Å². The number of aromatic nitrogens is 1. The molecule has 0 radical (unpaired) electrons. The van der Waals surface area contributed by atoms with Gasteiger partial charge >= 0.3 is 0 Å². The van der Waals surface area contributed by atoms with Gasteiger partial charge in [0.15, 0.2) is 0 Å². The smallest absolute Gasteiger partial charge is 0.261 e. The first-order chi connectivity index (χ1) is 14.3. The number of ether oxygens (including phenoxy) is 1. The summed E-state index contributed by atoms with van der Waals surface area (Å²) in [5, 5.41) is 2.58. The van der Waals surface area contributed by atoms with Crippen LogP contribution >= 0.6 is 15.9 Å². The lowest BCUT2D eigenvalue weighted by atomic mass is 10.2. The molecular formula is C25H30BrNO2Si. The first kappa shape index (κ1) is 22.7. The molecule has 30 heavy (non-hydrogen) atoms. The van der Waals surface area contributed by atoms with Crippen molar-refractivity contribution in [3.63, 3.8) is 0 Å². The molecule has 1 heterocycles. The molecule has 0 spiro atoms. The number of nitrogens with zero attached hydrogens (tertiary/aromatic N) is 1. The van der Waals surface area contributed by atoms with Crippen molar-refractivity contribution in [3.8, 4) is 5.75 Å². The fourth-order valence-electron chi connectivity index (χ4n) is 3.89. The van der Waals surface area contributed by atoms with Crippen LogP contribution < -0.4 is 15.1 Å². The lowest BCUT2D eigenvalue weighted by Crippen LogP contribution is -2.66. The van der Waals surface area contributed by atoms with Crippen LogP contribution in [-0.4, -0.2) is 26.0 Å². The van der Waals surface area contributed by atoms with Crippen LogP contribution in [0.5, 0.6) is 5.75 Å². The highest BCUT2D eigenvalue weighted by atomic mass is 79.9. The second kappa shape index (κ2) is 9.90. The summed E-state index contributed by atoms with van der Waals surface area (Å²) in [6.07, 6.45) is 4.32. The Balaban J connectivity index is 1.83.